The SMILES string of the molecule is CCc1cncc(CNCCCCc2cc(F)cc(OCCCCNC(=O)CCCC(N)=O)c2)c1. The molecule has 0 atom stereocenters. The molecule has 0 fully saturated rings. The molecule has 0 saturated heterocycles. The van der Waals surface area contributed by atoms with Crippen LogP contribution in [-0.4, -0.2) is 36.5 Å². The molecule has 35 heavy (non-hydrogen) atoms. The first-order valence-electron chi connectivity index (χ1n) is 12.6. The Morgan fingerprint density at radius 3 is 2.54 bits per heavy atom. The highest BCUT2D eigenvalue weighted by molar-refractivity contribution is 5.77. The third-order valence-corrected chi connectivity index (χ3v) is 5.58. The van der Waals surface area contributed by atoms with Crippen molar-refractivity contribution in [2.24, 2.45) is 5.73 Å². The number of pyridine rings is 1. The summed E-state index contributed by atoms with van der Waals surface area (Å²) >= 11 is 0. The molecule has 1 aromatic heterocycles. The zero-order valence-corrected chi connectivity index (χ0v) is 20.8. The molecule has 2 aromatic rings. The maximum atomic E-state index is 14.0. The van der Waals surface area contributed by atoms with E-state index < -0.39 is 5.91 Å². The normalized spacial score (nSPS) is 10.8. The van der Waals surface area contributed by atoms with Gasteiger partial charge in [0, 0.05) is 44.4 Å². The van der Waals surface area contributed by atoms with E-state index in [2.05, 4.69) is 28.6 Å². The first-order valence-corrected chi connectivity index (χ1v) is 12.6. The summed E-state index contributed by atoms with van der Waals surface area (Å²) in [4.78, 5) is 26.6. The molecule has 0 spiro atoms. The second-order valence-electron chi connectivity index (χ2n) is 8.71. The average molecular weight is 487 g/mol. The highest BCUT2D eigenvalue weighted by Gasteiger charge is 2.05. The van der Waals surface area contributed by atoms with Crippen LogP contribution in [0.15, 0.2) is 36.7 Å². The van der Waals surface area contributed by atoms with Crippen LogP contribution in [0.2, 0.25) is 0 Å². The van der Waals surface area contributed by atoms with Gasteiger partial charge < -0.3 is 21.1 Å². The van der Waals surface area contributed by atoms with Crippen LogP contribution in [0.3, 0.4) is 0 Å². The molecule has 0 bridgehead atoms. The van der Waals surface area contributed by atoms with Crippen LogP contribution in [0.1, 0.15) is 68.6 Å². The zero-order valence-electron chi connectivity index (χ0n) is 20.8. The first-order chi connectivity index (χ1) is 17.0. The van der Waals surface area contributed by atoms with Gasteiger partial charge in [-0.2, -0.15) is 0 Å². The number of carbonyl (C=O) groups is 2. The molecule has 0 aliphatic rings. The minimum atomic E-state index is -0.394. The summed E-state index contributed by atoms with van der Waals surface area (Å²) in [5, 5.41) is 6.25. The average Bonchev–Trinajstić information content (AvgIpc) is 2.83. The molecule has 0 aliphatic heterocycles. The van der Waals surface area contributed by atoms with Gasteiger partial charge in [0.15, 0.2) is 0 Å². The number of nitrogens with two attached hydrogens (primary N) is 1. The van der Waals surface area contributed by atoms with Crippen LogP contribution >= 0.6 is 0 Å². The van der Waals surface area contributed by atoms with Crippen molar-refractivity contribution < 1.29 is 18.7 Å². The summed E-state index contributed by atoms with van der Waals surface area (Å²) in [6.07, 6.45) is 10.0. The fourth-order valence-electron chi connectivity index (χ4n) is 3.65. The molecular formula is C27H39FN4O3. The molecule has 1 aromatic carbocycles. The fourth-order valence-corrected chi connectivity index (χ4v) is 3.65. The highest BCUT2D eigenvalue weighted by atomic mass is 19.1. The second kappa shape index (κ2) is 16.6. The van der Waals surface area contributed by atoms with Crippen LogP contribution < -0.4 is 21.1 Å². The van der Waals surface area contributed by atoms with E-state index in [-0.39, 0.29) is 18.1 Å². The number of rotatable bonds is 18. The molecule has 1 heterocycles. The minimum absolute atomic E-state index is 0.0835. The molecule has 7 nitrogen and oxygen atoms in total. The van der Waals surface area contributed by atoms with E-state index >= 15 is 0 Å². The van der Waals surface area contributed by atoms with Crippen LogP contribution in [0, 0.1) is 5.82 Å². The largest absolute Gasteiger partial charge is 0.493 e. The Labute approximate surface area is 208 Å². The van der Waals surface area contributed by atoms with Crippen molar-refractivity contribution in [3.63, 3.8) is 0 Å². The Kier molecular flexibility index (Phi) is 13.4. The van der Waals surface area contributed by atoms with Crippen LogP contribution in [0.25, 0.3) is 0 Å². The zero-order chi connectivity index (χ0) is 25.3. The number of nitrogens with zero attached hydrogens (tertiary/aromatic N) is 1. The smallest absolute Gasteiger partial charge is 0.220 e. The van der Waals surface area contributed by atoms with Crippen molar-refractivity contribution in [3.05, 3.63) is 59.2 Å². The van der Waals surface area contributed by atoms with E-state index in [4.69, 9.17) is 10.5 Å². The van der Waals surface area contributed by atoms with Crippen LogP contribution in [0.5, 0.6) is 5.75 Å². The molecule has 0 radical (unpaired) electrons. The van der Waals surface area contributed by atoms with Gasteiger partial charge in [0.25, 0.3) is 0 Å². The van der Waals surface area contributed by atoms with Gasteiger partial charge in [0.2, 0.25) is 11.8 Å². The van der Waals surface area contributed by atoms with Crippen molar-refractivity contribution in [3.8, 4) is 5.75 Å². The van der Waals surface area contributed by atoms with Gasteiger partial charge in [-0.15, -0.1) is 0 Å². The highest BCUT2D eigenvalue weighted by Crippen LogP contribution is 2.18. The Morgan fingerprint density at radius 1 is 0.943 bits per heavy atom. The van der Waals surface area contributed by atoms with Crippen molar-refractivity contribution in [2.75, 3.05) is 19.7 Å². The lowest BCUT2D eigenvalue weighted by Gasteiger charge is -2.10. The van der Waals surface area contributed by atoms with Crippen LogP contribution in [-0.2, 0) is 29.0 Å². The number of unbranched alkanes of at least 4 members (excludes halogenated alkanes) is 2. The van der Waals surface area contributed by atoms with E-state index in [9.17, 15) is 14.0 Å². The number of halogens is 1. The number of amides is 2. The number of hydrogen-bond donors (Lipinski definition) is 3. The summed E-state index contributed by atoms with van der Waals surface area (Å²) in [6, 6.07) is 7.05. The van der Waals surface area contributed by atoms with Crippen molar-refractivity contribution in [1.29, 1.82) is 0 Å². The van der Waals surface area contributed by atoms with Gasteiger partial charge in [0.1, 0.15) is 11.6 Å². The lowest BCUT2D eigenvalue weighted by atomic mass is 10.1. The van der Waals surface area contributed by atoms with Gasteiger partial charge >= 0.3 is 0 Å². The van der Waals surface area contributed by atoms with E-state index in [1.165, 1.54) is 17.2 Å². The summed E-state index contributed by atoms with van der Waals surface area (Å²) in [5.74, 6) is -0.228. The Hall–Kier alpha value is -3.00. The van der Waals surface area contributed by atoms with Gasteiger partial charge in [-0.25, -0.2) is 4.39 Å². The first kappa shape index (κ1) is 28.2. The number of carbonyl (C=O) groups excluding carboxylic acids is 2. The van der Waals surface area contributed by atoms with Gasteiger partial charge in [-0.05, 0) is 80.3 Å². The number of benzene rings is 1. The van der Waals surface area contributed by atoms with E-state index in [0.717, 1.165) is 57.2 Å². The van der Waals surface area contributed by atoms with Gasteiger partial charge in [-0.3, -0.25) is 14.6 Å². The summed E-state index contributed by atoms with van der Waals surface area (Å²) in [6.45, 7) is 4.83. The van der Waals surface area contributed by atoms with Gasteiger partial charge in [-0.1, -0.05) is 13.0 Å². The summed E-state index contributed by atoms with van der Waals surface area (Å²) in [7, 11) is 0. The molecule has 2 rings (SSSR count). The van der Waals surface area contributed by atoms with E-state index in [1.807, 2.05) is 18.5 Å². The lowest BCUT2D eigenvalue weighted by Crippen LogP contribution is -2.24. The summed E-state index contributed by atoms with van der Waals surface area (Å²) < 4.78 is 19.7. The van der Waals surface area contributed by atoms with Crippen molar-refractivity contribution in [1.82, 2.24) is 15.6 Å². The molecule has 2 amide bonds. The van der Waals surface area contributed by atoms with Crippen LogP contribution in [0.4, 0.5) is 4.39 Å². The number of ether oxygens (including phenoxy) is 1. The van der Waals surface area contributed by atoms with E-state index in [0.29, 0.717) is 31.7 Å². The third kappa shape index (κ3) is 12.9. The maximum Gasteiger partial charge on any atom is 0.220 e. The minimum Gasteiger partial charge on any atom is -0.493 e. The number of nitrogens with one attached hydrogen (secondary N) is 2. The lowest BCUT2D eigenvalue weighted by molar-refractivity contribution is -0.121. The third-order valence-electron chi connectivity index (χ3n) is 5.58. The molecule has 192 valence electrons. The fraction of sp³-hybridized carbons (Fsp3) is 0.519. The van der Waals surface area contributed by atoms with Crippen molar-refractivity contribution in [2.45, 2.75) is 71.3 Å². The Morgan fingerprint density at radius 2 is 1.74 bits per heavy atom. The molecule has 0 saturated carbocycles. The van der Waals surface area contributed by atoms with E-state index in [1.54, 1.807) is 6.07 Å². The predicted octanol–water partition coefficient (Wildman–Crippen LogP) is 3.83. The molecular weight excluding hydrogens is 447 g/mol. The molecule has 0 unspecified atom stereocenters. The van der Waals surface area contributed by atoms with Crippen molar-refractivity contribution >= 4 is 11.8 Å². The maximum absolute atomic E-state index is 14.0. The van der Waals surface area contributed by atoms with Gasteiger partial charge in [0.05, 0.1) is 6.61 Å². The topological polar surface area (TPSA) is 106 Å². The monoisotopic (exact) mass is 486 g/mol. The molecule has 8 heteroatoms. The number of primary amides is 1. The Bertz CT molecular complexity index is 923. The molecule has 0 aliphatic carbocycles. The number of hydrogen-bond acceptors (Lipinski definition) is 5. The number of aromatic nitrogens is 1. The number of aryl methyl sites for hydroxylation is 2. The Balaban J connectivity index is 1.57. The predicted molar refractivity (Wildman–Crippen MR) is 135 cm³/mol. The molecule has 4 N–H and O–H groups in total. The quantitative estimate of drug-likeness (QED) is 0.278. The standard InChI is InChI=1S/C27H39FN4O3/c1-2-21-14-23(20-31-18-21)19-30-11-4-3-8-22-15-24(28)17-25(16-22)35-13-6-5-12-32-27(34)10-7-9-26(29)33/h14-18,20,30H,2-13,19H2,1H3,(H2,29,33)(H,32,34). The second-order valence-corrected chi connectivity index (χ2v) is 8.71. The summed E-state index contributed by atoms with van der Waals surface area (Å²) in [5.41, 5.74) is 8.43.